The molecule has 1 aromatic carbocycles. The third-order valence-electron chi connectivity index (χ3n) is 6.80. The van der Waals surface area contributed by atoms with Crippen LogP contribution in [0.3, 0.4) is 0 Å². The molecule has 28 heavy (non-hydrogen) atoms. The van der Waals surface area contributed by atoms with Crippen molar-refractivity contribution < 1.29 is 4.74 Å². The molecule has 0 radical (unpaired) electrons. The molecule has 4 heterocycles. The molecule has 2 aromatic rings. The van der Waals surface area contributed by atoms with E-state index in [-0.39, 0.29) is 0 Å². The number of ether oxygens (including phenoxy) is 1. The Morgan fingerprint density at radius 1 is 1.00 bits per heavy atom. The zero-order chi connectivity index (χ0) is 18.8. The van der Waals surface area contributed by atoms with Crippen molar-refractivity contribution in [2.45, 2.75) is 50.5 Å². The fourth-order valence-electron chi connectivity index (χ4n) is 5.37. The van der Waals surface area contributed by atoms with Crippen LogP contribution in [0.15, 0.2) is 35.7 Å². The summed E-state index contributed by atoms with van der Waals surface area (Å²) in [5.41, 5.74) is 3.06. The van der Waals surface area contributed by atoms with Crippen LogP contribution in [0.2, 0.25) is 0 Å². The highest BCUT2D eigenvalue weighted by Gasteiger charge is 2.37. The maximum Gasteiger partial charge on any atom is 0.119 e. The molecule has 0 amide bonds. The number of thiophene rings is 1. The van der Waals surface area contributed by atoms with Gasteiger partial charge in [-0.3, -0.25) is 4.90 Å². The van der Waals surface area contributed by atoms with Crippen LogP contribution in [-0.2, 0) is 0 Å². The number of benzene rings is 1. The molecular weight excluding hydrogens is 364 g/mol. The van der Waals surface area contributed by atoms with Gasteiger partial charge in [-0.2, -0.15) is 0 Å². The topological polar surface area (TPSA) is 15.7 Å². The Balaban J connectivity index is 1.27. The second-order valence-electron chi connectivity index (χ2n) is 8.62. The molecule has 2 atom stereocenters. The zero-order valence-electron chi connectivity index (χ0n) is 16.8. The summed E-state index contributed by atoms with van der Waals surface area (Å²) in [7, 11) is 0. The maximum atomic E-state index is 6.20. The number of hydrogen-bond donors (Lipinski definition) is 0. The third-order valence-corrected chi connectivity index (χ3v) is 7.78. The zero-order valence-corrected chi connectivity index (χ0v) is 17.6. The van der Waals surface area contributed by atoms with Gasteiger partial charge in [-0.25, -0.2) is 0 Å². The van der Waals surface area contributed by atoms with E-state index in [4.69, 9.17) is 4.74 Å². The first-order valence-corrected chi connectivity index (χ1v) is 12.0. The van der Waals surface area contributed by atoms with E-state index in [0.717, 1.165) is 18.8 Å². The fourth-order valence-corrected chi connectivity index (χ4v) is 6.21. The summed E-state index contributed by atoms with van der Waals surface area (Å²) in [6.45, 7) is 6.99. The number of nitrogens with zero attached hydrogens (tertiary/aromatic N) is 2. The van der Waals surface area contributed by atoms with Gasteiger partial charge in [0.2, 0.25) is 0 Å². The number of likely N-dealkylation sites (tertiary alicyclic amines) is 1. The minimum absolute atomic E-state index is 0.525. The Morgan fingerprint density at radius 2 is 1.93 bits per heavy atom. The third kappa shape index (κ3) is 3.87. The van der Waals surface area contributed by atoms with Crippen LogP contribution in [0.5, 0.6) is 5.75 Å². The van der Waals surface area contributed by atoms with E-state index in [9.17, 15) is 0 Å². The molecule has 0 N–H and O–H groups in total. The minimum atomic E-state index is 0.525. The predicted octanol–water partition coefficient (Wildman–Crippen LogP) is 5.29. The maximum absolute atomic E-state index is 6.20. The van der Waals surface area contributed by atoms with Gasteiger partial charge in [-0.1, -0.05) is 18.6 Å². The molecule has 5 rings (SSSR count). The van der Waals surface area contributed by atoms with Gasteiger partial charge >= 0.3 is 0 Å². The molecule has 3 nitrogen and oxygen atoms in total. The van der Waals surface area contributed by atoms with E-state index in [1.165, 1.54) is 80.8 Å². The molecule has 2 saturated heterocycles. The van der Waals surface area contributed by atoms with E-state index >= 15 is 0 Å². The molecule has 3 aliphatic rings. The van der Waals surface area contributed by atoms with Crippen molar-refractivity contribution in [3.8, 4) is 5.75 Å². The summed E-state index contributed by atoms with van der Waals surface area (Å²) in [6, 6.07) is 12.0. The first-order chi connectivity index (χ1) is 13.9. The van der Waals surface area contributed by atoms with Crippen LogP contribution in [0.25, 0.3) is 0 Å². The monoisotopic (exact) mass is 396 g/mol. The summed E-state index contributed by atoms with van der Waals surface area (Å²) >= 11 is 1.90. The lowest BCUT2D eigenvalue weighted by molar-refractivity contribution is 0.204. The van der Waals surface area contributed by atoms with E-state index in [1.807, 2.05) is 11.3 Å². The number of piperidine rings is 1. The minimum Gasteiger partial charge on any atom is -0.494 e. The Morgan fingerprint density at radius 3 is 2.79 bits per heavy atom. The van der Waals surface area contributed by atoms with Crippen LogP contribution in [-0.4, -0.2) is 49.1 Å². The summed E-state index contributed by atoms with van der Waals surface area (Å²) in [5.74, 6) is 1.59. The lowest BCUT2D eigenvalue weighted by Crippen LogP contribution is -2.34. The normalized spacial score (nSPS) is 25.4. The van der Waals surface area contributed by atoms with Gasteiger partial charge in [0.1, 0.15) is 5.75 Å². The molecule has 0 spiro atoms. The molecule has 3 aliphatic heterocycles. The molecule has 0 saturated carbocycles. The van der Waals surface area contributed by atoms with Crippen molar-refractivity contribution >= 4 is 11.3 Å². The van der Waals surface area contributed by atoms with Gasteiger partial charge in [0.25, 0.3) is 0 Å². The molecule has 1 aromatic heterocycles. The Hall–Kier alpha value is -1.36. The highest BCUT2D eigenvalue weighted by molar-refractivity contribution is 7.10. The number of hydrogen-bond acceptors (Lipinski definition) is 4. The van der Waals surface area contributed by atoms with E-state index < -0.39 is 0 Å². The Kier molecular flexibility index (Phi) is 5.70. The smallest absolute Gasteiger partial charge is 0.119 e. The van der Waals surface area contributed by atoms with Crippen molar-refractivity contribution in [3.63, 3.8) is 0 Å². The van der Waals surface area contributed by atoms with E-state index in [2.05, 4.69) is 45.5 Å². The molecular formula is C24H32N2OS. The highest BCUT2D eigenvalue weighted by atomic mass is 32.1. The first kappa shape index (κ1) is 18.7. The van der Waals surface area contributed by atoms with Crippen LogP contribution in [0.1, 0.15) is 66.5 Å². The average Bonchev–Trinajstić information content (AvgIpc) is 3.43. The molecule has 0 unspecified atom stereocenters. The summed E-state index contributed by atoms with van der Waals surface area (Å²) in [5, 5.41) is 2.21. The second kappa shape index (κ2) is 8.56. The Bertz CT molecular complexity index is 769. The first-order valence-electron chi connectivity index (χ1n) is 11.1. The standard InChI is InChI=1S/C24H32N2OS/c1-2-11-25(12-3-1)13-6-15-27-19-9-10-20-21(17-19)23-7-4-14-26(23)18-22(20)24-8-5-16-28-24/h5,8-10,16-17,22-23H,1-4,6-7,11-15,18H2/t22-,23+/m0/s1. The van der Waals surface area contributed by atoms with Crippen LogP contribution in [0.4, 0.5) is 0 Å². The van der Waals surface area contributed by atoms with Gasteiger partial charge in [0, 0.05) is 29.9 Å². The van der Waals surface area contributed by atoms with Crippen LogP contribution in [0, 0.1) is 0 Å². The lowest BCUT2D eigenvalue weighted by atomic mass is 9.84. The highest BCUT2D eigenvalue weighted by Crippen LogP contribution is 2.46. The van der Waals surface area contributed by atoms with Gasteiger partial charge in [-0.05, 0) is 86.4 Å². The Labute approximate surface area is 173 Å². The van der Waals surface area contributed by atoms with Gasteiger partial charge in [-0.15, -0.1) is 11.3 Å². The SMILES string of the molecule is c1csc([C@H]2CN3CCC[C@@H]3c3cc(OCCCN4CCCCC4)ccc32)c1. The summed E-state index contributed by atoms with van der Waals surface area (Å²) in [4.78, 5) is 6.80. The van der Waals surface area contributed by atoms with Crippen molar-refractivity contribution in [3.05, 3.63) is 51.7 Å². The molecule has 4 heteroatoms. The van der Waals surface area contributed by atoms with Crippen molar-refractivity contribution in [1.82, 2.24) is 9.80 Å². The lowest BCUT2D eigenvalue weighted by Gasteiger charge is -2.37. The summed E-state index contributed by atoms with van der Waals surface area (Å²) in [6.07, 6.45) is 7.89. The van der Waals surface area contributed by atoms with Crippen LogP contribution >= 0.6 is 11.3 Å². The van der Waals surface area contributed by atoms with Crippen LogP contribution < -0.4 is 4.74 Å². The summed E-state index contributed by atoms with van der Waals surface area (Å²) < 4.78 is 6.20. The van der Waals surface area contributed by atoms with Crippen molar-refractivity contribution in [2.75, 3.05) is 39.3 Å². The molecule has 0 aliphatic carbocycles. The molecule has 150 valence electrons. The number of rotatable bonds is 6. The van der Waals surface area contributed by atoms with Crippen molar-refractivity contribution in [1.29, 1.82) is 0 Å². The van der Waals surface area contributed by atoms with Gasteiger partial charge in [0.15, 0.2) is 0 Å². The largest absolute Gasteiger partial charge is 0.494 e. The molecule has 0 bridgehead atoms. The van der Waals surface area contributed by atoms with Crippen molar-refractivity contribution in [2.24, 2.45) is 0 Å². The number of fused-ring (bicyclic) bond motifs is 3. The second-order valence-corrected chi connectivity index (χ2v) is 9.60. The predicted molar refractivity (Wildman–Crippen MR) is 117 cm³/mol. The average molecular weight is 397 g/mol. The van der Waals surface area contributed by atoms with E-state index in [0.29, 0.717) is 12.0 Å². The quantitative estimate of drug-likeness (QED) is 0.618. The van der Waals surface area contributed by atoms with E-state index in [1.54, 1.807) is 0 Å². The van der Waals surface area contributed by atoms with Gasteiger partial charge < -0.3 is 9.64 Å². The van der Waals surface area contributed by atoms with Gasteiger partial charge in [0.05, 0.1) is 6.61 Å². The molecule has 2 fully saturated rings. The fraction of sp³-hybridized carbons (Fsp3) is 0.583.